The fourth-order valence-corrected chi connectivity index (χ4v) is 3.50. The van der Waals surface area contributed by atoms with Gasteiger partial charge in [0.2, 0.25) is 10.0 Å². The van der Waals surface area contributed by atoms with E-state index in [4.69, 9.17) is 4.74 Å². The Morgan fingerprint density at radius 2 is 1.80 bits per heavy atom. The topological polar surface area (TPSA) is 49.9 Å². The first-order valence-electron chi connectivity index (χ1n) is 6.87. The quantitative estimate of drug-likeness (QED) is 0.797. The predicted molar refractivity (Wildman–Crippen MR) is 78.5 cm³/mol. The van der Waals surface area contributed by atoms with E-state index in [-0.39, 0.29) is 0 Å². The molecule has 1 aromatic carbocycles. The van der Waals surface area contributed by atoms with Crippen molar-refractivity contribution < 1.29 is 13.2 Å². The standard InChI is InChI=1S/C14H22N2O3S/c1-15(11-12-16-9-3-4-10-16)20(17,18)14-7-5-13(19-2)6-8-14/h5-8H,3-4,9-12H2,1-2H3. The highest BCUT2D eigenvalue weighted by molar-refractivity contribution is 7.89. The third-order valence-electron chi connectivity index (χ3n) is 3.70. The number of rotatable bonds is 6. The Balaban J connectivity index is 2.00. The summed E-state index contributed by atoms with van der Waals surface area (Å²) in [5.74, 6) is 0.656. The van der Waals surface area contributed by atoms with Crippen LogP contribution >= 0.6 is 0 Å². The zero-order chi connectivity index (χ0) is 14.6. The highest BCUT2D eigenvalue weighted by Gasteiger charge is 2.21. The summed E-state index contributed by atoms with van der Waals surface area (Å²) in [7, 11) is -0.209. The summed E-state index contributed by atoms with van der Waals surface area (Å²) < 4.78 is 31.3. The SMILES string of the molecule is COc1ccc(S(=O)(=O)N(C)CCN2CCCC2)cc1. The zero-order valence-corrected chi connectivity index (χ0v) is 12.9. The van der Waals surface area contributed by atoms with Gasteiger partial charge >= 0.3 is 0 Å². The van der Waals surface area contributed by atoms with E-state index in [1.807, 2.05) is 0 Å². The maximum Gasteiger partial charge on any atom is 0.242 e. The number of sulfonamides is 1. The van der Waals surface area contributed by atoms with Gasteiger partial charge in [0.25, 0.3) is 0 Å². The molecule has 0 amide bonds. The van der Waals surface area contributed by atoms with Crippen LogP contribution in [0.3, 0.4) is 0 Å². The summed E-state index contributed by atoms with van der Waals surface area (Å²) in [5, 5.41) is 0. The lowest BCUT2D eigenvalue weighted by molar-refractivity contribution is 0.310. The van der Waals surface area contributed by atoms with Crippen molar-refractivity contribution in [2.24, 2.45) is 0 Å². The Bertz CT molecular complexity index is 522. The Labute approximate surface area is 121 Å². The van der Waals surface area contributed by atoms with E-state index in [2.05, 4.69) is 4.90 Å². The molecule has 5 nitrogen and oxygen atoms in total. The molecule has 0 spiro atoms. The molecule has 0 saturated carbocycles. The van der Waals surface area contributed by atoms with Crippen molar-refractivity contribution >= 4 is 10.0 Å². The highest BCUT2D eigenvalue weighted by atomic mass is 32.2. The van der Waals surface area contributed by atoms with E-state index in [0.717, 1.165) is 19.6 Å². The van der Waals surface area contributed by atoms with Crippen LogP contribution < -0.4 is 4.74 Å². The van der Waals surface area contributed by atoms with Gasteiger partial charge in [0.1, 0.15) is 5.75 Å². The first kappa shape index (κ1) is 15.3. The largest absolute Gasteiger partial charge is 0.497 e. The van der Waals surface area contributed by atoms with Gasteiger partial charge in [-0.15, -0.1) is 0 Å². The minimum Gasteiger partial charge on any atom is -0.497 e. The summed E-state index contributed by atoms with van der Waals surface area (Å²) in [6, 6.07) is 6.50. The molecule has 6 heteroatoms. The van der Waals surface area contributed by atoms with Gasteiger partial charge in [-0.25, -0.2) is 8.42 Å². The number of methoxy groups -OCH3 is 1. The molecule has 0 aromatic heterocycles. The van der Waals surface area contributed by atoms with Gasteiger partial charge in [0.15, 0.2) is 0 Å². The lowest BCUT2D eigenvalue weighted by Gasteiger charge is -2.21. The zero-order valence-electron chi connectivity index (χ0n) is 12.1. The van der Waals surface area contributed by atoms with E-state index < -0.39 is 10.0 Å². The van der Waals surface area contributed by atoms with Gasteiger partial charge < -0.3 is 9.64 Å². The molecule has 1 fully saturated rings. The van der Waals surface area contributed by atoms with Gasteiger partial charge in [-0.1, -0.05) is 0 Å². The van der Waals surface area contributed by atoms with Gasteiger partial charge in [-0.2, -0.15) is 4.31 Å². The molecule has 0 N–H and O–H groups in total. The Morgan fingerprint density at radius 1 is 1.20 bits per heavy atom. The number of nitrogens with zero attached hydrogens (tertiary/aromatic N) is 2. The summed E-state index contributed by atoms with van der Waals surface area (Å²) >= 11 is 0. The van der Waals surface area contributed by atoms with Crippen LogP contribution in [0.5, 0.6) is 5.75 Å². The molecule has 0 unspecified atom stereocenters. The Morgan fingerprint density at radius 3 is 2.35 bits per heavy atom. The molecule has 0 aliphatic carbocycles. The second-order valence-electron chi connectivity index (χ2n) is 5.05. The molecule has 0 bridgehead atoms. The smallest absolute Gasteiger partial charge is 0.242 e. The van der Waals surface area contributed by atoms with Crippen LogP contribution in [0.25, 0.3) is 0 Å². The summed E-state index contributed by atoms with van der Waals surface area (Å²) in [6.07, 6.45) is 2.43. The fraction of sp³-hybridized carbons (Fsp3) is 0.571. The van der Waals surface area contributed by atoms with Crippen LogP contribution in [0.1, 0.15) is 12.8 Å². The van der Waals surface area contributed by atoms with Crippen molar-refractivity contribution in [3.63, 3.8) is 0 Å². The number of hydrogen-bond donors (Lipinski definition) is 0. The predicted octanol–water partition coefficient (Wildman–Crippen LogP) is 1.41. The second-order valence-corrected chi connectivity index (χ2v) is 7.10. The van der Waals surface area contributed by atoms with Crippen LogP contribution in [-0.4, -0.2) is 58.0 Å². The number of likely N-dealkylation sites (N-methyl/N-ethyl adjacent to an activating group) is 1. The fourth-order valence-electron chi connectivity index (χ4n) is 2.34. The summed E-state index contributed by atoms with van der Waals surface area (Å²) in [4.78, 5) is 2.61. The molecule has 1 heterocycles. The maximum absolute atomic E-state index is 12.4. The maximum atomic E-state index is 12.4. The average molecular weight is 298 g/mol. The molecule has 2 rings (SSSR count). The molecule has 0 atom stereocenters. The van der Waals surface area contributed by atoms with Crippen molar-refractivity contribution in [2.75, 3.05) is 40.3 Å². The van der Waals surface area contributed by atoms with E-state index in [1.54, 1.807) is 38.4 Å². The van der Waals surface area contributed by atoms with Crippen molar-refractivity contribution in [3.05, 3.63) is 24.3 Å². The number of likely N-dealkylation sites (tertiary alicyclic amines) is 1. The van der Waals surface area contributed by atoms with E-state index in [9.17, 15) is 8.42 Å². The van der Waals surface area contributed by atoms with E-state index in [1.165, 1.54) is 17.1 Å². The Kier molecular flexibility index (Phi) is 5.01. The van der Waals surface area contributed by atoms with Crippen LogP contribution in [0, 0.1) is 0 Å². The molecule has 1 aliphatic rings. The van der Waals surface area contributed by atoms with Crippen LogP contribution in [-0.2, 0) is 10.0 Å². The minimum absolute atomic E-state index is 0.308. The van der Waals surface area contributed by atoms with Crippen LogP contribution in [0.2, 0.25) is 0 Å². The Hall–Kier alpha value is -1.11. The van der Waals surface area contributed by atoms with E-state index in [0.29, 0.717) is 17.2 Å². The molecule has 1 aliphatic heterocycles. The monoisotopic (exact) mass is 298 g/mol. The third-order valence-corrected chi connectivity index (χ3v) is 5.57. The number of hydrogen-bond acceptors (Lipinski definition) is 4. The molecule has 0 radical (unpaired) electrons. The molecule has 1 saturated heterocycles. The van der Waals surface area contributed by atoms with Crippen molar-refractivity contribution in [1.29, 1.82) is 0 Å². The summed E-state index contributed by atoms with van der Waals surface area (Å²) in [5.41, 5.74) is 0. The van der Waals surface area contributed by atoms with Gasteiger partial charge in [-0.3, -0.25) is 0 Å². The number of ether oxygens (including phenoxy) is 1. The van der Waals surface area contributed by atoms with Crippen LogP contribution in [0.15, 0.2) is 29.2 Å². The van der Waals surface area contributed by atoms with Crippen molar-refractivity contribution in [2.45, 2.75) is 17.7 Å². The molecule has 20 heavy (non-hydrogen) atoms. The lowest BCUT2D eigenvalue weighted by Crippen LogP contribution is -2.35. The first-order valence-corrected chi connectivity index (χ1v) is 8.31. The second kappa shape index (κ2) is 6.56. The first-order chi connectivity index (χ1) is 9.54. The van der Waals surface area contributed by atoms with Gasteiger partial charge in [0.05, 0.1) is 12.0 Å². The lowest BCUT2D eigenvalue weighted by atomic mass is 10.3. The van der Waals surface area contributed by atoms with E-state index >= 15 is 0 Å². The number of benzene rings is 1. The van der Waals surface area contributed by atoms with Gasteiger partial charge in [0, 0.05) is 20.1 Å². The molecule has 1 aromatic rings. The van der Waals surface area contributed by atoms with Crippen LogP contribution in [0.4, 0.5) is 0 Å². The highest BCUT2D eigenvalue weighted by Crippen LogP contribution is 2.18. The molecular formula is C14H22N2O3S. The minimum atomic E-state index is -3.40. The third kappa shape index (κ3) is 3.50. The molecular weight excluding hydrogens is 276 g/mol. The van der Waals surface area contributed by atoms with Crippen molar-refractivity contribution in [3.8, 4) is 5.75 Å². The normalized spacial score (nSPS) is 16.8. The van der Waals surface area contributed by atoms with Crippen molar-refractivity contribution in [1.82, 2.24) is 9.21 Å². The van der Waals surface area contributed by atoms with Gasteiger partial charge in [-0.05, 0) is 50.2 Å². The average Bonchev–Trinajstić information content (AvgIpc) is 2.98. The molecule has 112 valence electrons. The summed E-state index contributed by atoms with van der Waals surface area (Å²) in [6.45, 7) is 3.48.